The Balaban J connectivity index is 3.52. The summed E-state index contributed by atoms with van der Waals surface area (Å²) in [5.41, 5.74) is 0. The lowest BCUT2D eigenvalue weighted by molar-refractivity contribution is -0.161. The summed E-state index contributed by atoms with van der Waals surface area (Å²) in [5, 5.41) is 9.68. The van der Waals surface area contributed by atoms with Gasteiger partial charge in [-0.1, -0.05) is 303 Å². The number of aliphatic hydroxyl groups is 1. The molecule has 0 aromatic carbocycles. The van der Waals surface area contributed by atoms with Gasteiger partial charge in [0.25, 0.3) is 0 Å². The van der Waals surface area contributed by atoms with E-state index in [0.29, 0.717) is 12.8 Å². The van der Waals surface area contributed by atoms with Crippen LogP contribution in [0.4, 0.5) is 0 Å². The fourth-order valence-electron chi connectivity index (χ4n) is 9.22. The van der Waals surface area contributed by atoms with E-state index >= 15 is 0 Å². The van der Waals surface area contributed by atoms with Gasteiger partial charge in [0.2, 0.25) is 0 Å². The molecule has 1 unspecified atom stereocenters. The summed E-state index contributed by atoms with van der Waals surface area (Å²) in [6, 6.07) is 0. The van der Waals surface area contributed by atoms with Gasteiger partial charge in [-0.3, -0.25) is 9.59 Å². The maximum absolute atomic E-state index is 12.3. The molecule has 0 aromatic heterocycles. The van der Waals surface area contributed by atoms with Gasteiger partial charge in [0.05, 0.1) is 6.61 Å². The molecule has 0 bridgehead atoms. The molecule has 0 saturated carbocycles. The molecule has 1 N–H and O–H groups in total. The number of ether oxygens (including phenoxy) is 2. The molecular weight excluding hydrogens is 933 g/mol. The van der Waals surface area contributed by atoms with E-state index in [4.69, 9.17) is 9.47 Å². The van der Waals surface area contributed by atoms with Crippen molar-refractivity contribution < 1.29 is 24.2 Å². The Bertz CT molecular complexity index is 1470. The lowest BCUT2D eigenvalue weighted by Crippen LogP contribution is -2.28. The average molecular weight is 1060 g/mol. The van der Waals surface area contributed by atoms with Crippen molar-refractivity contribution in [2.75, 3.05) is 13.2 Å². The largest absolute Gasteiger partial charge is 0.462 e. The summed E-state index contributed by atoms with van der Waals surface area (Å²) < 4.78 is 10.7. The highest BCUT2D eigenvalue weighted by Gasteiger charge is 2.16. The van der Waals surface area contributed by atoms with Gasteiger partial charge in [-0.05, 0) is 103 Å². The molecule has 0 spiro atoms. The van der Waals surface area contributed by atoms with Gasteiger partial charge in [0, 0.05) is 12.8 Å². The molecule has 0 aliphatic heterocycles. The molecule has 5 nitrogen and oxygen atoms in total. The molecule has 0 saturated heterocycles. The molecule has 0 aliphatic rings. The molecule has 436 valence electrons. The van der Waals surface area contributed by atoms with E-state index < -0.39 is 6.10 Å². The Morgan fingerprint density at radius 1 is 0.316 bits per heavy atom. The number of hydrogen-bond donors (Lipinski definition) is 1. The van der Waals surface area contributed by atoms with E-state index in [9.17, 15) is 14.7 Å². The molecule has 0 radical (unpaired) electrons. The molecule has 0 aromatic rings. The first-order valence-electron chi connectivity index (χ1n) is 32.4. The van der Waals surface area contributed by atoms with Gasteiger partial charge < -0.3 is 14.6 Å². The van der Waals surface area contributed by atoms with Crippen LogP contribution in [0.5, 0.6) is 0 Å². The van der Waals surface area contributed by atoms with E-state index in [1.807, 2.05) is 0 Å². The van der Waals surface area contributed by atoms with E-state index in [-0.39, 0.29) is 25.2 Å². The predicted molar refractivity (Wildman–Crippen MR) is 334 cm³/mol. The van der Waals surface area contributed by atoms with Gasteiger partial charge in [-0.15, -0.1) is 0 Å². The Hall–Kier alpha value is -3.44. The van der Waals surface area contributed by atoms with Crippen molar-refractivity contribution in [3.63, 3.8) is 0 Å². The van der Waals surface area contributed by atoms with Gasteiger partial charge in [0.15, 0.2) is 6.10 Å². The highest BCUT2D eigenvalue weighted by atomic mass is 16.6. The summed E-state index contributed by atoms with van der Waals surface area (Å²) >= 11 is 0. The Labute approximate surface area is 471 Å². The molecule has 0 aliphatic carbocycles. The van der Waals surface area contributed by atoms with Gasteiger partial charge >= 0.3 is 11.9 Å². The van der Waals surface area contributed by atoms with Crippen molar-refractivity contribution in [2.45, 2.75) is 315 Å². The number of hydrogen-bond acceptors (Lipinski definition) is 5. The minimum Gasteiger partial charge on any atom is -0.462 e. The number of unbranched alkanes of at least 4 members (excludes halogenated alkanes) is 33. The molecule has 0 rings (SSSR count). The van der Waals surface area contributed by atoms with Crippen LogP contribution in [0, 0.1) is 0 Å². The quantitative estimate of drug-likeness (QED) is 0.0373. The highest BCUT2D eigenvalue weighted by Crippen LogP contribution is 2.17. The summed E-state index contributed by atoms with van der Waals surface area (Å²) in [7, 11) is 0. The van der Waals surface area contributed by atoms with Crippen molar-refractivity contribution in [1.82, 2.24) is 0 Å². The minimum atomic E-state index is -0.788. The third-order valence-corrected chi connectivity index (χ3v) is 14.1. The topological polar surface area (TPSA) is 72.8 Å². The zero-order valence-corrected chi connectivity index (χ0v) is 50.0. The SMILES string of the molecule is CC/C=C\C/C=C\C/C=C\C/C=C\C/C=C\C/C=C\C/C=C\C/C=C\CCCCCCCCC(=O)OC(CO)COC(=O)CCCCCCCCCCCCCCCCCCCCC/C=C\CCCCCCCCCC. The molecule has 1 atom stereocenters. The second kappa shape index (κ2) is 65.8. The van der Waals surface area contributed by atoms with Crippen molar-refractivity contribution >= 4 is 11.9 Å². The maximum Gasteiger partial charge on any atom is 0.306 e. The first-order valence-corrected chi connectivity index (χ1v) is 32.4. The summed E-state index contributed by atoms with van der Waals surface area (Å²) in [4.78, 5) is 24.6. The van der Waals surface area contributed by atoms with Crippen LogP contribution in [0.25, 0.3) is 0 Å². The minimum absolute atomic E-state index is 0.0752. The van der Waals surface area contributed by atoms with Gasteiger partial charge in [-0.2, -0.15) is 0 Å². The molecule has 76 heavy (non-hydrogen) atoms. The lowest BCUT2D eigenvalue weighted by Gasteiger charge is -2.15. The third-order valence-electron chi connectivity index (χ3n) is 14.1. The van der Waals surface area contributed by atoms with Crippen LogP contribution in [-0.2, 0) is 19.1 Å². The standard InChI is InChI=1S/C71H122O5/c1-3-5-7-9-11-13-15-17-19-21-23-25-27-29-31-33-35-37-39-41-43-45-47-49-51-53-55-57-59-61-63-65-70(73)75-68-69(67-72)76-71(74)66-64-62-60-58-56-54-52-50-48-46-44-42-40-38-36-34-32-30-28-26-24-22-20-18-16-14-12-10-8-6-4-2/h6,8,12,14,18,20-21,23-24,26,30,32,36,38,42,44,48,50,69,72H,3-5,7,9-11,13,15-17,19,22,25,27-29,31,33-35,37,39-41,43,45-47,49,51-68H2,1-2H3/b8-6-,14-12-,20-18-,23-21-,26-24-,32-30-,38-36-,44-42-,50-48-. The fraction of sp³-hybridized carbons (Fsp3) is 0.718. The first-order chi connectivity index (χ1) is 37.6. The lowest BCUT2D eigenvalue weighted by atomic mass is 10.0. The van der Waals surface area contributed by atoms with Crippen molar-refractivity contribution in [3.05, 3.63) is 109 Å². The molecule has 0 heterocycles. The predicted octanol–water partition coefficient (Wildman–Crippen LogP) is 22.4. The summed E-state index contributed by atoms with van der Waals surface area (Å²) in [5.74, 6) is -0.602. The van der Waals surface area contributed by atoms with Gasteiger partial charge in [0.1, 0.15) is 6.61 Å². The van der Waals surface area contributed by atoms with Crippen LogP contribution in [-0.4, -0.2) is 36.4 Å². The summed E-state index contributed by atoms with van der Waals surface area (Å²) in [6.07, 6.45) is 95.2. The zero-order chi connectivity index (χ0) is 54.8. The van der Waals surface area contributed by atoms with Crippen LogP contribution >= 0.6 is 0 Å². The van der Waals surface area contributed by atoms with Crippen LogP contribution in [0.1, 0.15) is 309 Å². The molecule has 0 fully saturated rings. The van der Waals surface area contributed by atoms with E-state index in [1.54, 1.807) is 0 Å². The number of carbonyl (C=O) groups excluding carboxylic acids is 2. The highest BCUT2D eigenvalue weighted by molar-refractivity contribution is 5.70. The fourth-order valence-corrected chi connectivity index (χ4v) is 9.22. The molecule has 5 heteroatoms. The summed E-state index contributed by atoms with van der Waals surface area (Å²) in [6.45, 7) is 4.04. The van der Waals surface area contributed by atoms with Crippen LogP contribution in [0.2, 0.25) is 0 Å². The smallest absolute Gasteiger partial charge is 0.306 e. The number of allylic oxidation sites excluding steroid dienone is 18. The average Bonchev–Trinajstić information content (AvgIpc) is 3.42. The second-order valence-electron chi connectivity index (χ2n) is 21.5. The van der Waals surface area contributed by atoms with Crippen molar-refractivity contribution in [1.29, 1.82) is 0 Å². The van der Waals surface area contributed by atoms with E-state index in [1.165, 1.54) is 186 Å². The van der Waals surface area contributed by atoms with Crippen molar-refractivity contribution in [3.8, 4) is 0 Å². The second-order valence-corrected chi connectivity index (χ2v) is 21.5. The van der Waals surface area contributed by atoms with Gasteiger partial charge in [-0.25, -0.2) is 0 Å². The Kier molecular flexibility index (Phi) is 62.9. The Morgan fingerprint density at radius 3 is 0.868 bits per heavy atom. The first kappa shape index (κ1) is 72.6. The normalized spacial score (nSPS) is 12.9. The number of esters is 2. The van der Waals surface area contributed by atoms with Crippen molar-refractivity contribution in [2.24, 2.45) is 0 Å². The van der Waals surface area contributed by atoms with E-state index in [2.05, 4.69) is 123 Å². The molecular formula is C71H122O5. The number of aliphatic hydroxyl groups excluding tert-OH is 1. The molecule has 0 amide bonds. The maximum atomic E-state index is 12.3. The monoisotopic (exact) mass is 1050 g/mol. The number of rotatable bonds is 59. The zero-order valence-electron chi connectivity index (χ0n) is 50.0. The van der Waals surface area contributed by atoms with Crippen LogP contribution in [0.3, 0.4) is 0 Å². The van der Waals surface area contributed by atoms with E-state index in [0.717, 1.165) is 96.3 Å². The third kappa shape index (κ3) is 63.1. The van der Waals surface area contributed by atoms with Crippen LogP contribution in [0.15, 0.2) is 109 Å². The number of carbonyl (C=O) groups is 2. The Morgan fingerprint density at radius 2 is 0.566 bits per heavy atom. The van der Waals surface area contributed by atoms with Crippen LogP contribution < -0.4 is 0 Å².